The second kappa shape index (κ2) is 6.95. The van der Waals surface area contributed by atoms with Crippen molar-refractivity contribution in [3.8, 4) is 17.0 Å². The molecule has 0 aliphatic carbocycles. The molecule has 0 saturated carbocycles. The number of benzene rings is 1. The Bertz CT molecular complexity index is 694. The third kappa shape index (κ3) is 3.68. The van der Waals surface area contributed by atoms with Crippen LogP contribution in [-0.4, -0.2) is 52.8 Å². The van der Waals surface area contributed by atoms with Crippen molar-refractivity contribution in [2.45, 2.75) is 6.92 Å². The highest BCUT2D eigenvalue weighted by Gasteiger charge is 2.22. The third-order valence-corrected chi connectivity index (χ3v) is 3.56. The Hall–Kier alpha value is -2.83. The lowest BCUT2D eigenvalue weighted by atomic mass is 10.1. The lowest BCUT2D eigenvalue weighted by molar-refractivity contribution is -0.141. The van der Waals surface area contributed by atoms with E-state index in [0.29, 0.717) is 17.0 Å². The Balaban J connectivity index is 2.22. The molecule has 0 bridgehead atoms. The van der Waals surface area contributed by atoms with Gasteiger partial charge in [0.15, 0.2) is 0 Å². The van der Waals surface area contributed by atoms with E-state index in [1.165, 1.54) is 11.1 Å². The molecule has 2 N–H and O–H groups in total. The normalized spacial score (nSPS) is 11.8. The Morgan fingerprint density at radius 3 is 2.57 bits per heavy atom. The number of nitrogens with one attached hydrogen (secondary N) is 1. The van der Waals surface area contributed by atoms with Crippen LogP contribution in [-0.2, 0) is 4.79 Å². The molecule has 0 saturated heterocycles. The molecule has 0 radical (unpaired) electrons. The lowest BCUT2D eigenvalue weighted by Gasteiger charge is -2.19. The van der Waals surface area contributed by atoms with Crippen LogP contribution in [0.15, 0.2) is 30.5 Å². The van der Waals surface area contributed by atoms with Gasteiger partial charge >= 0.3 is 5.97 Å². The maximum absolute atomic E-state index is 12.5. The molecule has 1 amide bonds. The average molecular weight is 317 g/mol. The van der Waals surface area contributed by atoms with Crippen LogP contribution < -0.4 is 4.74 Å². The number of ether oxygens (including phenoxy) is 1. The zero-order chi connectivity index (χ0) is 17.0. The van der Waals surface area contributed by atoms with Crippen LogP contribution in [0.1, 0.15) is 17.3 Å². The molecule has 7 heteroatoms. The molecule has 23 heavy (non-hydrogen) atoms. The van der Waals surface area contributed by atoms with Crippen LogP contribution in [0.25, 0.3) is 11.3 Å². The summed E-state index contributed by atoms with van der Waals surface area (Å²) in [5.41, 5.74) is 1.79. The van der Waals surface area contributed by atoms with E-state index in [-0.39, 0.29) is 12.5 Å². The van der Waals surface area contributed by atoms with Crippen molar-refractivity contribution < 1.29 is 19.4 Å². The van der Waals surface area contributed by atoms with Gasteiger partial charge in [-0.25, -0.2) is 0 Å². The van der Waals surface area contributed by atoms with Crippen molar-refractivity contribution in [2.75, 3.05) is 20.7 Å². The molecule has 1 aromatic heterocycles. The van der Waals surface area contributed by atoms with E-state index in [2.05, 4.69) is 10.2 Å². The van der Waals surface area contributed by atoms with Crippen LogP contribution in [0.5, 0.6) is 5.75 Å². The van der Waals surface area contributed by atoms with Gasteiger partial charge in [-0.15, -0.1) is 0 Å². The van der Waals surface area contributed by atoms with Crippen molar-refractivity contribution in [3.05, 3.63) is 36.0 Å². The topological polar surface area (TPSA) is 95.5 Å². The highest BCUT2D eigenvalue weighted by molar-refractivity contribution is 5.99. The van der Waals surface area contributed by atoms with Gasteiger partial charge in [0.05, 0.1) is 30.5 Å². The number of aliphatic carboxylic acids is 1. The van der Waals surface area contributed by atoms with Gasteiger partial charge in [-0.05, 0) is 24.3 Å². The smallest absolute Gasteiger partial charge is 0.308 e. The molecular formula is C16H19N3O4. The van der Waals surface area contributed by atoms with Gasteiger partial charge in [0.1, 0.15) is 5.75 Å². The molecule has 7 nitrogen and oxygen atoms in total. The summed E-state index contributed by atoms with van der Waals surface area (Å²) in [7, 11) is 3.16. The number of amides is 1. The first-order chi connectivity index (χ1) is 10.9. The van der Waals surface area contributed by atoms with Gasteiger partial charge in [0.2, 0.25) is 0 Å². The molecular weight excluding hydrogens is 298 g/mol. The summed E-state index contributed by atoms with van der Waals surface area (Å²) in [6.07, 6.45) is 1.45. The number of carbonyl (C=O) groups is 2. The summed E-state index contributed by atoms with van der Waals surface area (Å²) >= 11 is 0. The molecule has 1 heterocycles. The van der Waals surface area contributed by atoms with Gasteiger partial charge in [0.25, 0.3) is 5.91 Å². The quantitative estimate of drug-likeness (QED) is 0.848. The minimum atomic E-state index is -0.938. The first kappa shape index (κ1) is 16.5. The predicted molar refractivity (Wildman–Crippen MR) is 84.3 cm³/mol. The van der Waals surface area contributed by atoms with E-state index in [1.807, 2.05) is 12.1 Å². The Morgan fingerprint density at radius 1 is 1.35 bits per heavy atom. The van der Waals surface area contributed by atoms with Crippen molar-refractivity contribution >= 4 is 11.9 Å². The summed E-state index contributed by atoms with van der Waals surface area (Å²) in [6, 6.07) is 7.23. The molecule has 0 aliphatic rings. The minimum absolute atomic E-state index is 0.126. The SMILES string of the molecule is COc1ccc(-c2[nH]ncc2C(=O)N(C)CC(C)C(=O)O)cc1. The van der Waals surface area contributed by atoms with Crippen LogP contribution >= 0.6 is 0 Å². The number of aromatic nitrogens is 2. The molecule has 0 spiro atoms. The summed E-state index contributed by atoms with van der Waals surface area (Å²) in [6.45, 7) is 1.69. The highest BCUT2D eigenvalue weighted by Crippen LogP contribution is 2.24. The minimum Gasteiger partial charge on any atom is -0.497 e. The zero-order valence-corrected chi connectivity index (χ0v) is 13.2. The van der Waals surface area contributed by atoms with Crippen molar-refractivity contribution in [3.63, 3.8) is 0 Å². The second-order valence-electron chi connectivity index (χ2n) is 5.31. The number of H-pyrrole nitrogens is 1. The number of nitrogens with zero attached hydrogens (tertiary/aromatic N) is 2. The van der Waals surface area contributed by atoms with Crippen molar-refractivity contribution in [1.82, 2.24) is 15.1 Å². The van der Waals surface area contributed by atoms with Gasteiger partial charge < -0.3 is 14.7 Å². The first-order valence-corrected chi connectivity index (χ1v) is 7.10. The van der Waals surface area contributed by atoms with Gasteiger partial charge in [0, 0.05) is 19.2 Å². The fourth-order valence-corrected chi connectivity index (χ4v) is 2.20. The number of carbonyl (C=O) groups excluding carboxylic acids is 1. The van der Waals surface area contributed by atoms with Gasteiger partial charge in [-0.2, -0.15) is 5.10 Å². The first-order valence-electron chi connectivity index (χ1n) is 7.10. The number of methoxy groups -OCH3 is 1. The molecule has 1 atom stereocenters. The molecule has 1 aromatic carbocycles. The Kier molecular flexibility index (Phi) is 5.00. The fourth-order valence-electron chi connectivity index (χ4n) is 2.20. The third-order valence-electron chi connectivity index (χ3n) is 3.56. The maximum atomic E-state index is 12.5. The maximum Gasteiger partial charge on any atom is 0.308 e. The van der Waals surface area contributed by atoms with E-state index < -0.39 is 11.9 Å². The number of carboxylic acid groups (broad SMARTS) is 1. The molecule has 1 unspecified atom stereocenters. The number of aromatic amines is 1. The zero-order valence-electron chi connectivity index (χ0n) is 13.2. The molecule has 0 aliphatic heterocycles. The molecule has 2 rings (SSSR count). The average Bonchev–Trinajstić information content (AvgIpc) is 3.03. The monoisotopic (exact) mass is 317 g/mol. The fraction of sp³-hybridized carbons (Fsp3) is 0.312. The lowest BCUT2D eigenvalue weighted by Crippen LogP contribution is -2.33. The van der Waals surface area contributed by atoms with Crippen LogP contribution in [0, 0.1) is 5.92 Å². The molecule has 122 valence electrons. The van der Waals surface area contributed by atoms with Crippen molar-refractivity contribution in [1.29, 1.82) is 0 Å². The standard InChI is InChI=1S/C16H19N3O4/c1-10(16(21)22)9-19(2)15(20)13-8-17-18-14(13)11-4-6-12(23-3)7-5-11/h4-8,10H,9H2,1-3H3,(H,17,18)(H,21,22). The van der Waals surface area contributed by atoms with E-state index >= 15 is 0 Å². The Morgan fingerprint density at radius 2 is 2.00 bits per heavy atom. The number of carboxylic acids is 1. The number of hydrogen-bond acceptors (Lipinski definition) is 4. The van der Waals surface area contributed by atoms with Crippen LogP contribution in [0.4, 0.5) is 0 Å². The van der Waals surface area contributed by atoms with Crippen LogP contribution in [0.3, 0.4) is 0 Å². The summed E-state index contributed by atoms with van der Waals surface area (Å²) in [5, 5.41) is 15.7. The molecule has 0 fully saturated rings. The van der Waals surface area contributed by atoms with Gasteiger partial charge in [-0.3, -0.25) is 14.7 Å². The van der Waals surface area contributed by atoms with Gasteiger partial charge in [-0.1, -0.05) is 6.92 Å². The molecule has 2 aromatic rings. The van der Waals surface area contributed by atoms with E-state index in [1.54, 1.807) is 33.2 Å². The van der Waals surface area contributed by atoms with Crippen LogP contribution in [0.2, 0.25) is 0 Å². The summed E-state index contributed by atoms with van der Waals surface area (Å²) in [5.74, 6) is -1.14. The van der Waals surface area contributed by atoms with E-state index in [4.69, 9.17) is 9.84 Å². The summed E-state index contributed by atoms with van der Waals surface area (Å²) < 4.78 is 5.11. The summed E-state index contributed by atoms with van der Waals surface area (Å²) in [4.78, 5) is 24.8. The Labute approximate surface area is 133 Å². The van der Waals surface area contributed by atoms with E-state index in [0.717, 1.165) is 5.56 Å². The number of hydrogen-bond donors (Lipinski definition) is 2. The predicted octanol–water partition coefficient (Wildman–Crippen LogP) is 1.88. The largest absolute Gasteiger partial charge is 0.497 e. The van der Waals surface area contributed by atoms with Crippen molar-refractivity contribution in [2.24, 2.45) is 5.92 Å². The van der Waals surface area contributed by atoms with E-state index in [9.17, 15) is 9.59 Å². The highest BCUT2D eigenvalue weighted by atomic mass is 16.5. The second-order valence-corrected chi connectivity index (χ2v) is 5.31. The number of rotatable bonds is 6.